The molecular formula is C13H19NO4. The van der Waals surface area contributed by atoms with E-state index in [1.807, 2.05) is 20.8 Å². The molecule has 100 valence electrons. The van der Waals surface area contributed by atoms with Crippen molar-refractivity contribution in [3.63, 3.8) is 0 Å². The molecule has 5 nitrogen and oxygen atoms in total. The van der Waals surface area contributed by atoms with Crippen molar-refractivity contribution in [3.05, 3.63) is 18.2 Å². The van der Waals surface area contributed by atoms with Gasteiger partial charge in [-0.3, -0.25) is 0 Å². The third kappa shape index (κ3) is 2.86. The Labute approximate surface area is 106 Å². The molecule has 1 aliphatic rings. The Kier molecular flexibility index (Phi) is 3.12. The van der Waals surface area contributed by atoms with Crippen molar-refractivity contribution in [1.29, 1.82) is 0 Å². The van der Waals surface area contributed by atoms with Gasteiger partial charge in [0, 0.05) is 6.07 Å². The fraction of sp³-hybridized carbons (Fsp3) is 0.538. The first-order chi connectivity index (χ1) is 8.30. The smallest absolute Gasteiger partial charge is 0.163 e. The van der Waals surface area contributed by atoms with Crippen molar-refractivity contribution >= 4 is 5.69 Å². The molecule has 1 fully saturated rings. The number of benzene rings is 1. The Balaban J connectivity index is 2.02. The first-order valence-corrected chi connectivity index (χ1v) is 5.85. The highest BCUT2D eigenvalue weighted by molar-refractivity contribution is 5.55. The Bertz CT molecular complexity index is 447. The first-order valence-electron chi connectivity index (χ1n) is 5.85. The minimum Gasteiger partial charge on any atom is -0.508 e. The minimum atomic E-state index is -0.595. The summed E-state index contributed by atoms with van der Waals surface area (Å²) in [6.45, 7) is 6.41. The molecule has 3 N–H and O–H groups in total. The van der Waals surface area contributed by atoms with Crippen LogP contribution in [-0.4, -0.2) is 29.7 Å². The zero-order chi connectivity index (χ0) is 13.4. The van der Waals surface area contributed by atoms with Crippen molar-refractivity contribution in [2.24, 2.45) is 0 Å². The largest absolute Gasteiger partial charge is 0.508 e. The van der Waals surface area contributed by atoms with Crippen LogP contribution in [0, 0.1) is 0 Å². The van der Waals surface area contributed by atoms with E-state index in [-0.39, 0.29) is 5.75 Å². The molecule has 1 aromatic carbocycles. The molecule has 1 saturated heterocycles. The van der Waals surface area contributed by atoms with Crippen LogP contribution in [0.4, 0.5) is 5.69 Å². The maximum Gasteiger partial charge on any atom is 0.163 e. The normalized spacial score (nSPS) is 26.2. The third-order valence-electron chi connectivity index (χ3n) is 2.75. The molecule has 0 spiro atoms. The molecule has 0 amide bonds. The summed E-state index contributed by atoms with van der Waals surface area (Å²) in [6, 6.07) is 4.60. The number of aromatic hydroxyl groups is 1. The van der Waals surface area contributed by atoms with Gasteiger partial charge in [0.15, 0.2) is 5.79 Å². The highest BCUT2D eigenvalue weighted by atomic mass is 16.8. The second kappa shape index (κ2) is 4.33. The topological polar surface area (TPSA) is 73.9 Å². The van der Waals surface area contributed by atoms with Crippen LogP contribution in [0.25, 0.3) is 0 Å². The number of rotatable bonds is 3. The van der Waals surface area contributed by atoms with Gasteiger partial charge in [-0.15, -0.1) is 0 Å². The number of ether oxygens (including phenoxy) is 3. The zero-order valence-electron chi connectivity index (χ0n) is 10.9. The van der Waals surface area contributed by atoms with Crippen molar-refractivity contribution in [2.75, 3.05) is 18.9 Å². The average molecular weight is 253 g/mol. The number of hydrogen-bond acceptors (Lipinski definition) is 5. The number of nitrogen functional groups attached to an aromatic ring is 1. The highest BCUT2D eigenvalue weighted by Gasteiger charge is 2.42. The Morgan fingerprint density at radius 1 is 1.39 bits per heavy atom. The molecule has 5 heteroatoms. The lowest BCUT2D eigenvalue weighted by molar-refractivity contribution is -0.162. The minimum absolute atomic E-state index is 0.119. The Morgan fingerprint density at radius 2 is 2.11 bits per heavy atom. The van der Waals surface area contributed by atoms with E-state index in [0.717, 1.165) is 0 Å². The molecule has 1 aliphatic heterocycles. The predicted octanol–water partition coefficient (Wildman–Crippen LogP) is 1.89. The molecule has 18 heavy (non-hydrogen) atoms. The molecule has 1 atom stereocenters. The summed E-state index contributed by atoms with van der Waals surface area (Å²) >= 11 is 0. The van der Waals surface area contributed by atoms with Crippen LogP contribution in [-0.2, 0) is 9.47 Å². The SMILES string of the molecule is CC1(C)OC[C@@](C)(COc2cc(O)ccc2N)O1. The van der Waals surface area contributed by atoms with Crippen LogP contribution in [0.5, 0.6) is 11.5 Å². The van der Waals surface area contributed by atoms with E-state index in [4.69, 9.17) is 19.9 Å². The number of phenols is 1. The lowest BCUT2D eigenvalue weighted by Gasteiger charge is -2.25. The van der Waals surface area contributed by atoms with Crippen LogP contribution in [0.1, 0.15) is 20.8 Å². The zero-order valence-corrected chi connectivity index (χ0v) is 10.9. The fourth-order valence-corrected chi connectivity index (χ4v) is 1.93. The fourth-order valence-electron chi connectivity index (χ4n) is 1.93. The molecule has 0 aromatic heterocycles. The van der Waals surface area contributed by atoms with Gasteiger partial charge in [0.25, 0.3) is 0 Å². The van der Waals surface area contributed by atoms with Gasteiger partial charge in [-0.1, -0.05) is 0 Å². The van der Waals surface area contributed by atoms with Gasteiger partial charge in [0.05, 0.1) is 12.3 Å². The average Bonchev–Trinajstić information content (AvgIpc) is 2.55. The predicted molar refractivity (Wildman–Crippen MR) is 67.5 cm³/mol. The maximum atomic E-state index is 9.39. The quantitative estimate of drug-likeness (QED) is 0.635. The van der Waals surface area contributed by atoms with Crippen LogP contribution >= 0.6 is 0 Å². The van der Waals surface area contributed by atoms with E-state index in [2.05, 4.69) is 0 Å². The molecular weight excluding hydrogens is 234 g/mol. The number of hydrogen-bond donors (Lipinski definition) is 2. The molecule has 0 bridgehead atoms. The summed E-state index contributed by atoms with van der Waals surface area (Å²) in [6.07, 6.45) is 0. The van der Waals surface area contributed by atoms with Gasteiger partial charge in [0.1, 0.15) is 23.7 Å². The second-order valence-electron chi connectivity index (χ2n) is 5.25. The summed E-state index contributed by atoms with van der Waals surface area (Å²) in [5.74, 6) is -0.0273. The van der Waals surface area contributed by atoms with Gasteiger partial charge in [-0.05, 0) is 32.9 Å². The first kappa shape index (κ1) is 13.0. The maximum absolute atomic E-state index is 9.39. The van der Waals surface area contributed by atoms with E-state index in [1.165, 1.54) is 12.1 Å². The molecule has 0 aliphatic carbocycles. The number of anilines is 1. The van der Waals surface area contributed by atoms with E-state index in [1.54, 1.807) is 6.07 Å². The van der Waals surface area contributed by atoms with Crippen molar-refractivity contribution in [2.45, 2.75) is 32.2 Å². The summed E-state index contributed by atoms with van der Waals surface area (Å²) in [4.78, 5) is 0. The Hall–Kier alpha value is -1.46. The van der Waals surface area contributed by atoms with Crippen LogP contribution in [0.3, 0.4) is 0 Å². The molecule has 2 rings (SSSR count). The van der Waals surface area contributed by atoms with Crippen LogP contribution in [0.2, 0.25) is 0 Å². The van der Waals surface area contributed by atoms with E-state index in [9.17, 15) is 5.11 Å². The summed E-state index contributed by atoms with van der Waals surface area (Å²) in [7, 11) is 0. The van der Waals surface area contributed by atoms with Crippen LogP contribution < -0.4 is 10.5 Å². The van der Waals surface area contributed by atoms with Crippen molar-refractivity contribution < 1.29 is 19.3 Å². The van der Waals surface area contributed by atoms with Crippen molar-refractivity contribution in [3.8, 4) is 11.5 Å². The van der Waals surface area contributed by atoms with E-state index < -0.39 is 11.4 Å². The lowest BCUT2D eigenvalue weighted by atomic mass is 10.1. The molecule has 0 saturated carbocycles. The van der Waals surface area contributed by atoms with Gasteiger partial charge in [-0.25, -0.2) is 0 Å². The highest BCUT2D eigenvalue weighted by Crippen LogP contribution is 2.32. The molecule has 0 unspecified atom stereocenters. The van der Waals surface area contributed by atoms with Crippen LogP contribution in [0.15, 0.2) is 18.2 Å². The lowest BCUT2D eigenvalue weighted by Crippen LogP contribution is -2.37. The number of phenolic OH excluding ortho intramolecular Hbond substituents is 1. The van der Waals surface area contributed by atoms with Crippen molar-refractivity contribution in [1.82, 2.24) is 0 Å². The van der Waals surface area contributed by atoms with Gasteiger partial charge >= 0.3 is 0 Å². The van der Waals surface area contributed by atoms with Gasteiger partial charge in [-0.2, -0.15) is 0 Å². The Morgan fingerprint density at radius 3 is 2.72 bits per heavy atom. The standard InChI is InChI=1S/C13H19NO4/c1-12(2)17-8-13(3,18-12)7-16-11-6-9(15)4-5-10(11)14/h4-6,15H,7-8,14H2,1-3H3/t13-/m1/s1. The third-order valence-corrected chi connectivity index (χ3v) is 2.75. The molecule has 1 aromatic rings. The van der Waals surface area contributed by atoms with Gasteiger partial charge in [0.2, 0.25) is 0 Å². The monoisotopic (exact) mass is 253 g/mol. The molecule has 1 heterocycles. The van der Waals surface area contributed by atoms with E-state index in [0.29, 0.717) is 24.7 Å². The summed E-state index contributed by atoms with van der Waals surface area (Å²) < 4.78 is 16.9. The summed E-state index contributed by atoms with van der Waals surface area (Å²) in [5.41, 5.74) is 5.73. The second-order valence-corrected chi connectivity index (χ2v) is 5.25. The molecule has 0 radical (unpaired) electrons. The van der Waals surface area contributed by atoms with Gasteiger partial charge < -0.3 is 25.1 Å². The number of nitrogens with two attached hydrogens (primary N) is 1. The van der Waals surface area contributed by atoms with E-state index >= 15 is 0 Å². The summed E-state index contributed by atoms with van der Waals surface area (Å²) in [5, 5.41) is 9.39.